The van der Waals surface area contributed by atoms with Gasteiger partial charge in [-0.2, -0.15) is 5.26 Å². The first kappa shape index (κ1) is 18.3. The molecule has 19 heavy (non-hydrogen) atoms. The van der Waals surface area contributed by atoms with Crippen LogP contribution in [0, 0.1) is 11.3 Å². The van der Waals surface area contributed by atoms with Gasteiger partial charge in [-0.1, -0.05) is 0 Å². The van der Waals surface area contributed by atoms with Gasteiger partial charge >= 0.3 is 0 Å². The number of aliphatic hydroxyl groups is 1. The van der Waals surface area contributed by atoms with E-state index in [9.17, 15) is 10.4 Å². The molecule has 0 spiro atoms. The summed E-state index contributed by atoms with van der Waals surface area (Å²) in [6.45, 7) is 15.6. The van der Waals surface area contributed by atoms with E-state index in [4.69, 9.17) is 4.74 Å². The van der Waals surface area contributed by atoms with Crippen LogP contribution in [0.15, 0.2) is 11.5 Å². The standard InChI is InChI=1S/C15H28NO2P/c1-8-18-15(17)14(9-16)10-19(11(2)3,12(4)5)13(6)7/h11-13H,8,10H2,1-7H3/p+1/b15-14+. The molecular formula is C15H29NO2P+. The molecule has 3 nitrogen and oxygen atoms in total. The highest BCUT2D eigenvalue weighted by Gasteiger charge is 2.48. The zero-order chi connectivity index (χ0) is 15.2. The molecule has 0 rings (SSSR count). The molecule has 0 aromatic heterocycles. The van der Waals surface area contributed by atoms with Gasteiger partial charge in [0.2, 0.25) is 0 Å². The quantitative estimate of drug-likeness (QED) is 0.424. The van der Waals surface area contributed by atoms with Crippen molar-refractivity contribution in [2.75, 3.05) is 12.8 Å². The van der Waals surface area contributed by atoms with Crippen LogP contribution < -0.4 is 0 Å². The minimum Gasteiger partial charge on any atom is -0.480 e. The molecule has 0 aliphatic carbocycles. The largest absolute Gasteiger partial charge is 0.480 e. The fraction of sp³-hybridized carbons (Fsp3) is 0.800. The molecule has 0 bridgehead atoms. The number of hydrogen-bond acceptors (Lipinski definition) is 3. The number of nitrogens with zero attached hydrogens (tertiary/aromatic N) is 1. The lowest BCUT2D eigenvalue weighted by Crippen LogP contribution is -2.27. The van der Waals surface area contributed by atoms with Crippen molar-refractivity contribution in [2.45, 2.75) is 65.4 Å². The molecule has 0 saturated carbocycles. The van der Waals surface area contributed by atoms with Crippen LogP contribution in [0.1, 0.15) is 48.5 Å². The third kappa shape index (κ3) is 4.11. The molecule has 0 amide bonds. The van der Waals surface area contributed by atoms with Gasteiger partial charge in [0.05, 0.1) is 23.6 Å². The number of hydrogen-bond donors (Lipinski definition) is 1. The van der Waals surface area contributed by atoms with E-state index < -0.39 is 7.26 Å². The Morgan fingerprint density at radius 1 is 1.11 bits per heavy atom. The Labute approximate surface area is 119 Å². The summed E-state index contributed by atoms with van der Waals surface area (Å²) in [5.74, 6) is -0.184. The second-order valence-electron chi connectivity index (χ2n) is 5.76. The van der Waals surface area contributed by atoms with Gasteiger partial charge in [-0.3, -0.25) is 0 Å². The van der Waals surface area contributed by atoms with Crippen LogP contribution in [0.4, 0.5) is 0 Å². The summed E-state index contributed by atoms with van der Waals surface area (Å²) < 4.78 is 5.11. The Balaban J connectivity index is 5.57. The zero-order valence-electron chi connectivity index (χ0n) is 13.4. The molecule has 0 aliphatic heterocycles. The van der Waals surface area contributed by atoms with Crippen molar-refractivity contribution in [2.24, 2.45) is 0 Å². The van der Waals surface area contributed by atoms with Crippen LogP contribution in [0.25, 0.3) is 0 Å². The van der Waals surface area contributed by atoms with Crippen molar-refractivity contribution in [3.8, 4) is 6.07 Å². The van der Waals surface area contributed by atoms with Crippen molar-refractivity contribution >= 4 is 7.26 Å². The average Bonchev–Trinajstić information content (AvgIpc) is 2.29. The van der Waals surface area contributed by atoms with E-state index in [-0.39, 0.29) is 5.95 Å². The molecule has 0 unspecified atom stereocenters. The Hall–Kier alpha value is -0.740. The highest BCUT2D eigenvalue weighted by atomic mass is 31.2. The topological polar surface area (TPSA) is 53.2 Å². The summed E-state index contributed by atoms with van der Waals surface area (Å²) in [6.07, 6.45) is 0.669. The summed E-state index contributed by atoms with van der Waals surface area (Å²) in [4.78, 5) is 0. The van der Waals surface area contributed by atoms with E-state index in [1.54, 1.807) is 6.92 Å². The zero-order valence-corrected chi connectivity index (χ0v) is 14.3. The van der Waals surface area contributed by atoms with Gasteiger partial charge in [-0.15, -0.1) is 0 Å². The SMILES string of the molecule is CCO/C(O)=C(\C#N)C[P+](C(C)C)(C(C)C)C(C)C. The van der Waals surface area contributed by atoms with Gasteiger partial charge in [0.1, 0.15) is 17.8 Å². The molecule has 110 valence electrons. The smallest absolute Gasteiger partial charge is 0.294 e. The molecule has 0 atom stereocenters. The summed E-state index contributed by atoms with van der Waals surface area (Å²) in [7, 11) is -1.38. The maximum atomic E-state index is 9.87. The van der Waals surface area contributed by atoms with Crippen molar-refractivity contribution < 1.29 is 9.84 Å². The lowest BCUT2D eigenvalue weighted by Gasteiger charge is -2.38. The highest BCUT2D eigenvalue weighted by Crippen LogP contribution is 2.70. The predicted octanol–water partition coefficient (Wildman–Crippen LogP) is 4.56. The van der Waals surface area contributed by atoms with E-state index in [1.807, 2.05) is 0 Å². The van der Waals surface area contributed by atoms with Gasteiger partial charge in [-0.05, 0) is 48.5 Å². The average molecular weight is 286 g/mol. The third-order valence-electron chi connectivity index (χ3n) is 3.99. The Bertz CT molecular complexity index is 332. The number of rotatable bonds is 7. The van der Waals surface area contributed by atoms with E-state index >= 15 is 0 Å². The van der Waals surface area contributed by atoms with Gasteiger partial charge in [-0.25, -0.2) is 0 Å². The fourth-order valence-electron chi connectivity index (χ4n) is 2.99. The minimum absolute atomic E-state index is 0.184. The van der Waals surface area contributed by atoms with E-state index in [0.717, 1.165) is 0 Å². The van der Waals surface area contributed by atoms with Crippen LogP contribution >= 0.6 is 7.26 Å². The van der Waals surface area contributed by atoms with Gasteiger partial charge in [0.15, 0.2) is 0 Å². The number of nitriles is 1. The van der Waals surface area contributed by atoms with Crippen molar-refractivity contribution in [3.63, 3.8) is 0 Å². The second-order valence-corrected chi connectivity index (χ2v) is 11.2. The van der Waals surface area contributed by atoms with Crippen LogP contribution in [-0.4, -0.2) is 34.9 Å². The first-order chi connectivity index (χ1) is 8.73. The third-order valence-corrected chi connectivity index (χ3v) is 10.6. The number of allylic oxidation sites excluding steroid dienone is 1. The summed E-state index contributed by atoms with van der Waals surface area (Å²) in [5, 5.41) is 19.2. The first-order valence-corrected chi connectivity index (χ1v) is 9.24. The molecule has 0 aliphatic rings. The predicted molar refractivity (Wildman–Crippen MR) is 84.1 cm³/mol. The summed E-state index contributed by atoms with van der Waals surface area (Å²) in [6, 6.07) is 2.14. The Morgan fingerprint density at radius 3 is 1.79 bits per heavy atom. The monoisotopic (exact) mass is 286 g/mol. The van der Waals surface area contributed by atoms with Crippen LogP contribution in [-0.2, 0) is 4.74 Å². The molecule has 0 fully saturated rings. The van der Waals surface area contributed by atoms with Crippen molar-refractivity contribution in [1.82, 2.24) is 0 Å². The maximum Gasteiger partial charge on any atom is 0.294 e. The normalized spacial score (nSPS) is 13.7. The number of aliphatic hydroxyl groups excluding tert-OH is 1. The lowest BCUT2D eigenvalue weighted by molar-refractivity contribution is 0.0995. The molecule has 4 heteroatoms. The molecule has 0 heterocycles. The first-order valence-electron chi connectivity index (χ1n) is 7.06. The van der Waals surface area contributed by atoms with Crippen molar-refractivity contribution in [1.29, 1.82) is 5.26 Å². The van der Waals surface area contributed by atoms with Crippen LogP contribution in [0.5, 0.6) is 0 Å². The van der Waals surface area contributed by atoms with E-state index in [0.29, 0.717) is 35.3 Å². The molecule has 0 saturated heterocycles. The molecule has 0 radical (unpaired) electrons. The Morgan fingerprint density at radius 2 is 1.53 bits per heavy atom. The Kier molecular flexibility index (Phi) is 7.45. The minimum atomic E-state index is -1.38. The second kappa shape index (κ2) is 7.75. The fourth-order valence-corrected chi connectivity index (χ4v) is 8.41. The summed E-state index contributed by atoms with van der Waals surface area (Å²) in [5.41, 5.74) is 2.01. The van der Waals surface area contributed by atoms with Crippen molar-refractivity contribution in [3.05, 3.63) is 11.5 Å². The molecule has 0 aromatic rings. The van der Waals surface area contributed by atoms with Crippen LogP contribution in [0.3, 0.4) is 0 Å². The summed E-state index contributed by atoms with van der Waals surface area (Å²) >= 11 is 0. The van der Waals surface area contributed by atoms with Gasteiger partial charge in [0, 0.05) is 7.26 Å². The van der Waals surface area contributed by atoms with E-state index in [2.05, 4.69) is 47.6 Å². The number of ether oxygens (including phenoxy) is 1. The molecule has 0 aromatic carbocycles. The van der Waals surface area contributed by atoms with Gasteiger partial charge in [0.25, 0.3) is 5.95 Å². The highest BCUT2D eigenvalue weighted by molar-refractivity contribution is 7.77. The van der Waals surface area contributed by atoms with E-state index in [1.165, 1.54) is 0 Å². The maximum absolute atomic E-state index is 9.87. The molecule has 1 N–H and O–H groups in total. The van der Waals surface area contributed by atoms with Gasteiger partial charge < -0.3 is 9.84 Å². The lowest BCUT2D eigenvalue weighted by atomic mass is 10.4. The molecular weight excluding hydrogens is 257 g/mol. The van der Waals surface area contributed by atoms with Crippen LogP contribution in [0.2, 0.25) is 0 Å².